The van der Waals surface area contributed by atoms with E-state index in [-0.39, 0.29) is 0 Å². The monoisotopic (exact) mass is 268 g/mol. The maximum atomic E-state index is 8.91. The average molecular weight is 268 g/mol. The number of nitrogens with zero attached hydrogens (tertiary/aromatic N) is 3. The molecule has 1 aromatic heterocycles. The topological polar surface area (TPSA) is 70.8 Å². The highest BCUT2D eigenvalue weighted by Gasteiger charge is 2.12. The van der Waals surface area contributed by atoms with Crippen molar-refractivity contribution in [1.29, 1.82) is 5.26 Å². The number of hydrogen-bond acceptors (Lipinski definition) is 5. The van der Waals surface area contributed by atoms with Crippen molar-refractivity contribution in [3.63, 3.8) is 0 Å². The van der Waals surface area contributed by atoms with Crippen molar-refractivity contribution < 1.29 is 4.74 Å². The lowest BCUT2D eigenvalue weighted by Gasteiger charge is -2.12. The standard InChI is InChI=1S/C15H16N4O/c1-3-5-13-14(17-2)18-10-19-15(13)20-12-7-4-6-11(8-12)9-16/h4,6-8,10H,3,5H2,1-2H3,(H,17,18,19). The molecule has 0 saturated carbocycles. The van der Waals surface area contributed by atoms with E-state index in [9.17, 15) is 0 Å². The van der Waals surface area contributed by atoms with E-state index >= 15 is 0 Å². The van der Waals surface area contributed by atoms with Crippen molar-refractivity contribution in [2.45, 2.75) is 19.8 Å². The van der Waals surface area contributed by atoms with Crippen molar-refractivity contribution in [2.75, 3.05) is 12.4 Å². The van der Waals surface area contributed by atoms with Crippen molar-refractivity contribution in [2.24, 2.45) is 0 Å². The molecule has 2 aromatic rings. The van der Waals surface area contributed by atoms with Crippen LogP contribution in [0.1, 0.15) is 24.5 Å². The number of aromatic nitrogens is 2. The van der Waals surface area contributed by atoms with Gasteiger partial charge in [-0.1, -0.05) is 19.4 Å². The normalized spacial score (nSPS) is 9.85. The number of ether oxygens (including phenoxy) is 1. The molecule has 1 aromatic carbocycles. The Balaban J connectivity index is 2.35. The lowest BCUT2D eigenvalue weighted by Crippen LogP contribution is -2.03. The molecule has 102 valence electrons. The van der Waals surface area contributed by atoms with Gasteiger partial charge in [0, 0.05) is 7.05 Å². The average Bonchev–Trinajstić information content (AvgIpc) is 2.49. The summed E-state index contributed by atoms with van der Waals surface area (Å²) in [4.78, 5) is 8.40. The molecule has 5 nitrogen and oxygen atoms in total. The maximum Gasteiger partial charge on any atom is 0.227 e. The molecule has 1 heterocycles. The summed E-state index contributed by atoms with van der Waals surface area (Å²) >= 11 is 0. The molecular formula is C15H16N4O. The second-order valence-electron chi connectivity index (χ2n) is 4.25. The first-order valence-electron chi connectivity index (χ1n) is 6.48. The van der Waals surface area contributed by atoms with Gasteiger partial charge in [0.1, 0.15) is 17.9 Å². The number of nitriles is 1. The summed E-state index contributed by atoms with van der Waals surface area (Å²) in [5.41, 5.74) is 1.50. The Morgan fingerprint density at radius 2 is 2.20 bits per heavy atom. The fraction of sp³-hybridized carbons (Fsp3) is 0.267. The summed E-state index contributed by atoms with van der Waals surface area (Å²) < 4.78 is 5.80. The van der Waals surface area contributed by atoms with E-state index in [4.69, 9.17) is 10.00 Å². The number of anilines is 1. The number of benzene rings is 1. The number of rotatable bonds is 5. The second-order valence-corrected chi connectivity index (χ2v) is 4.25. The molecule has 0 unspecified atom stereocenters. The molecule has 0 fully saturated rings. The predicted molar refractivity (Wildman–Crippen MR) is 76.8 cm³/mol. The van der Waals surface area contributed by atoms with Gasteiger partial charge in [0.2, 0.25) is 5.88 Å². The van der Waals surface area contributed by atoms with Gasteiger partial charge in [-0.25, -0.2) is 9.97 Å². The Kier molecular flexibility index (Phi) is 4.51. The van der Waals surface area contributed by atoms with Gasteiger partial charge in [0.15, 0.2) is 0 Å². The van der Waals surface area contributed by atoms with Crippen LogP contribution in [0.3, 0.4) is 0 Å². The molecule has 20 heavy (non-hydrogen) atoms. The molecule has 0 aliphatic rings. The minimum Gasteiger partial charge on any atom is -0.439 e. The molecule has 2 rings (SSSR count). The molecule has 0 aliphatic carbocycles. The minimum absolute atomic E-state index is 0.529. The Morgan fingerprint density at radius 1 is 1.35 bits per heavy atom. The van der Waals surface area contributed by atoms with E-state index in [1.54, 1.807) is 24.3 Å². The highest BCUT2D eigenvalue weighted by atomic mass is 16.5. The molecule has 0 atom stereocenters. The van der Waals surface area contributed by atoms with E-state index in [0.29, 0.717) is 17.2 Å². The van der Waals surface area contributed by atoms with Gasteiger partial charge in [-0.3, -0.25) is 0 Å². The third-order valence-corrected chi connectivity index (χ3v) is 2.82. The van der Waals surface area contributed by atoms with Crippen molar-refractivity contribution in [1.82, 2.24) is 9.97 Å². The maximum absolute atomic E-state index is 8.91. The number of hydrogen-bond donors (Lipinski definition) is 1. The van der Waals surface area contributed by atoms with Crippen LogP contribution in [0.4, 0.5) is 5.82 Å². The van der Waals surface area contributed by atoms with E-state index in [1.807, 2.05) is 7.05 Å². The van der Waals surface area contributed by atoms with Crippen LogP contribution in [0.5, 0.6) is 11.6 Å². The van der Waals surface area contributed by atoms with Gasteiger partial charge in [-0.15, -0.1) is 0 Å². The Hall–Kier alpha value is -2.61. The molecule has 0 saturated heterocycles. The second kappa shape index (κ2) is 6.53. The Labute approximate surface area is 118 Å². The first-order valence-corrected chi connectivity index (χ1v) is 6.48. The molecule has 1 N–H and O–H groups in total. The predicted octanol–water partition coefficient (Wildman–Crippen LogP) is 3.13. The van der Waals surface area contributed by atoms with Gasteiger partial charge >= 0.3 is 0 Å². The van der Waals surface area contributed by atoms with Crippen LogP contribution in [0.2, 0.25) is 0 Å². The summed E-state index contributed by atoms with van der Waals surface area (Å²) in [5.74, 6) is 1.90. The Morgan fingerprint density at radius 3 is 2.90 bits per heavy atom. The molecular weight excluding hydrogens is 252 g/mol. The summed E-state index contributed by atoms with van der Waals surface area (Å²) in [7, 11) is 1.82. The molecule has 0 aliphatic heterocycles. The Bertz CT molecular complexity index is 634. The zero-order valence-electron chi connectivity index (χ0n) is 11.6. The fourth-order valence-electron chi connectivity index (χ4n) is 1.92. The van der Waals surface area contributed by atoms with Gasteiger partial charge in [0.25, 0.3) is 0 Å². The van der Waals surface area contributed by atoms with E-state index in [1.165, 1.54) is 6.33 Å². The summed E-state index contributed by atoms with van der Waals surface area (Å²) in [6, 6.07) is 9.11. The van der Waals surface area contributed by atoms with Crippen LogP contribution in [0.15, 0.2) is 30.6 Å². The van der Waals surface area contributed by atoms with Crippen LogP contribution >= 0.6 is 0 Å². The highest BCUT2D eigenvalue weighted by Crippen LogP contribution is 2.28. The first kappa shape index (κ1) is 13.8. The minimum atomic E-state index is 0.529. The highest BCUT2D eigenvalue weighted by molar-refractivity contribution is 5.49. The quantitative estimate of drug-likeness (QED) is 0.902. The number of nitrogens with one attached hydrogen (secondary N) is 1. The van der Waals surface area contributed by atoms with Gasteiger partial charge < -0.3 is 10.1 Å². The summed E-state index contributed by atoms with van der Waals surface area (Å²) in [6.45, 7) is 2.09. The zero-order valence-corrected chi connectivity index (χ0v) is 11.6. The van der Waals surface area contributed by atoms with Crippen molar-refractivity contribution in [3.05, 3.63) is 41.7 Å². The third kappa shape index (κ3) is 3.04. The summed E-state index contributed by atoms with van der Waals surface area (Å²) in [5, 5.41) is 12.0. The van der Waals surface area contributed by atoms with Crippen LogP contribution in [-0.2, 0) is 6.42 Å². The van der Waals surface area contributed by atoms with E-state index in [2.05, 4.69) is 28.3 Å². The van der Waals surface area contributed by atoms with Crippen LogP contribution < -0.4 is 10.1 Å². The smallest absolute Gasteiger partial charge is 0.227 e. The van der Waals surface area contributed by atoms with Gasteiger partial charge in [0.05, 0.1) is 17.2 Å². The van der Waals surface area contributed by atoms with Crippen molar-refractivity contribution in [3.8, 4) is 17.7 Å². The molecule has 5 heteroatoms. The molecule has 0 spiro atoms. The van der Waals surface area contributed by atoms with Crippen LogP contribution in [0.25, 0.3) is 0 Å². The van der Waals surface area contributed by atoms with Gasteiger partial charge in [-0.2, -0.15) is 5.26 Å². The van der Waals surface area contributed by atoms with Crippen molar-refractivity contribution >= 4 is 5.82 Å². The zero-order chi connectivity index (χ0) is 14.4. The van der Waals surface area contributed by atoms with Crippen LogP contribution in [-0.4, -0.2) is 17.0 Å². The van der Waals surface area contributed by atoms with Gasteiger partial charge in [-0.05, 0) is 24.6 Å². The van der Waals surface area contributed by atoms with E-state index in [0.717, 1.165) is 24.2 Å². The van der Waals surface area contributed by atoms with Crippen LogP contribution in [0, 0.1) is 11.3 Å². The lowest BCUT2D eigenvalue weighted by molar-refractivity contribution is 0.454. The fourth-order valence-corrected chi connectivity index (χ4v) is 1.92. The molecule has 0 radical (unpaired) electrons. The molecule has 0 bridgehead atoms. The third-order valence-electron chi connectivity index (χ3n) is 2.82. The molecule has 0 amide bonds. The SMILES string of the molecule is CCCc1c(NC)ncnc1Oc1cccc(C#N)c1. The largest absolute Gasteiger partial charge is 0.439 e. The first-order chi connectivity index (χ1) is 9.78. The summed E-state index contributed by atoms with van der Waals surface area (Å²) in [6.07, 6.45) is 3.26. The van der Waals surface area contributed by atoms with E-state index < -0.39 is 0 Å². The lowest BCUT2D eigenvalue weighted by atomic mass is 10.1.